The van der Waals surface area contributed by atoms with Crippen LogP contribution in [0.5, 0.6) is 0 Å². The Balaban J connectivity index is 3.21. The molecule has 4 N–H and O–H groups in total. The lowest BCUT2D eigenvalue weighted by Crippen LogP contribution is -2.20. The van der Waals surface area contributed by atoms with E-state index in [0.29, 0.717) is 0 Å². The van der Waals surface area contributed by atoms with Gasteiger partial charge in [-0.25, -0.2) is 10.5 Å². The van der Waals surface area contributed by atoms with Crippen molar-refractivity contribution in [2.24, 2.45) is 0 Å². The summed E-state index contributed by atoms with van der Waals surface area (Å²) >= 11 is 0. The molecule has 74 valence electrons. The van der Waals surface area contributed by atoms with Crippen LogP contribution in [0.3, 0.4) is 0 Å². The van der Waals surface area contributed by atoms with Crippen LogP contribution in [0, 0.1) is 10.1 Å². The number of nitro groups is 1. The highest BCUT2D eigenvalue weighted by Crippen LogP contribution is 2.16. The molecule has 0 aliphatic carbocycles. The lowest BCUT2D eigenvalue weighted by molar-refractivity contribution is -0.385. The van der Waals surface area contributed by atoms with Gasteiger partial charge in [0.25, 0.3) is 11.6 Å². The molecule has 0 saturated carbocycles. The molecular weight excluding hydrogens is 192 g/mol. The van der Waals surface area contributed by atoms with Crippen molar-refractivity contribution in [2.45, 2.75) is 0 Å². The molecule has 0 aliphatic rings. The van der Waals surface area contributed by atoms with Gasteiger partial charge in [-0.15, -0.1) is 0 Å². The Morgan fingerprint density at radius 1 is 1.71 bits per heavy atom. The van der Waals surface area contributed by atoms with Crippen LogP contribution >= 0.6 is 0 Å². The van der Waals surface area contributed by atoms with Crippen LogP contribution in [-0.2, 0) is 0 Å². The maximum Gasteiger partial charge on any atom is 0.288 e. The monoisotopic (exact) mass is 198 g/mol. The van der Waals surface area contributed by atoms with Gasteiger partial charge in [-0.05, 0) is 0 Å². The van der Waals surface area contributed by atoms with E-state index < -0.39 is 10.8 Å². The zero-order valence-corrected chi connectivity index (χ0v) is 6.80. The summed E-state index contributed by atoms with van der Waals surface area (Å²) in [6.07, 6.45) is 0.920. The number of nitrogen functional groups attached to an aromatic ring is 1. The SMILES string of the molecule is Nc1ncc([N+](=O)[O-])cc1C(=O)NO. The van der Waals surface area contributed by atoms with Crippen LogP contribution in [-0.4, -0.2) is 21.0 Å². The average molecular weight is 198 g/mol. The molecule has 0 unspecified atom stereocenters. The standard InChI is InChI=1S/C6H6N4O4/c7-5-4(6(11)9-12)1-3(2-8-5)10(13)14/h1-2,12H,(H2,7,8)(H,9,11). The van der Waals surface area contributed by atoms with Crippen molar-refractivity contribution in [2.75, 3.05) is 5.73 Å². The third kappa shape index (κ3) is 1.75. The van der Waals surface area contributed by atoms with Crippen molar-refractivity contribution in [3.8, 4) is 0 Å². The molecule has 1 amide bonds. The molecule has 0 bridgehead atoms. The van der Waals surface area contributed by atoms with E-state index in [1.54, 1.807) is 0 Å². The molecule has 0 radical (unpaired) electrons. The maximum absolute atomic E-state index is 10.9. The first-order valence-corrected chi connectivity index (χ1v) is 3.40. The van der Waals surface area contributed by atoms with Crippen LogP contribution in [0.1, 0.15) is 10.4 Å². The Kier molecular flexibility index (Phi) is 2.58. The Bertz CT molecular complexity index is 391. The molecule has 1 rings (SSSR count). The predicted molar refractivity (Wildman–Crippen MR) is 44.6 cm³/mol. The Morgan fingerprint density at radius 3 is 2.86 bits per heavy atom. The fraction of sp³-hybridized carbons (Fsp3) is 0. The first-order chi connectivity index (χ1) is 6.56. The van der Waals surface area contributed by atoms with Crippen molar-refractivity contribution in [1.82, 2.24) is 10.5 Å². The van der Waals surface area contributed by atoms with E-state index >= 15 is 0 Å². The summed E-state index contributed by atoms with van der Waals surface area (Å²) in [4.78, 5) is 23.9. The predicted octanol–water partition coefficient (Wildman–Crippen LogP) is -0.309. The second-order valence-corrected chi connectivity index (χ2v) is 2.32. The third-order valence-electron chi connectivity index (χ3n) is 1.46. The number of amides is 1. The smallest absolute Gasteiger partial charge is 0.288 e. The van der Waals surface area contributed by atoms with Crippen molar-refractivity contribution >= 4 is 17.4 Å². The van der Waals surface area contributed by atoms with E-state index in [1.165, 1.54) is 5.48 Å². The van der Waals surface area contributed by atoms with Crippen molar-refractivity contribution in [3.05, 3.63) is 27.9 Å². The van der Waals surface area contributed by atoms with Gasteiger partial charge >= 0.3 is 0 Å². The van der Waals surface area contributed by atoms with Crippen molar-refractivity contribution in [1.29, 1.82) is 0 Å². The molecule has 0 spiro atoms. The number of anilines is 1. The molecule has 0 atom stereocenters. The summed E-state index contributed by atoms with van der Waals surface area (Å²) in [5, 5.41) is 18.6. The zero-order valence-electron chi connectivity index (χ0n) is 6.80. The number of hydroxylamine groups is 1. The van der Waals surface area contributed by atoms with Crippen molar-refractivity contribution < 1.29 is 14.9 Å². The van der Waals surface area contributed by atoms with E-state index in [4.69, 9.17) is 10.9 Å². The van der Waals surface area contributed by atoms with Gasteiger partial charge in [0.2, 0.25) is 0 Å². The number of nitrogens with two attached hydrogens (primary N) is 1. The van der Waals surface area contributed by atoms with Crippen LogP contribution < -0.4 is 11.2 Å². The number of pyridine rings is 1. The molecule has 1 aromatic heterocycles. The fourth-order valence-electron chi connectivity index (χ4n) is 0.806. The topological polar surface area (TPSA) is 131 Å². The average Bonchev–Trinajstić information content (AvgIpc) is 2.17. The third-order valence-corrected chi connectivity index (χ3v) is 1.46. The number of hydrogen-bond donors (Lipinski definition) is 3. The Labute approximate surface area is 77.5 Å². The molecule has 8 heteroatoms. The number of rotatable bonds is 2. The van der Waals surface area contributed by atoms with Gasteiger partial charge in [-0.1, -0.05) is 0 Å². The number of nitrogens with one attached hydrogen (secondary N) is 1. The quantitative estimate of drug-likeness (QED) is 0.339. The minimum atomic E-state index is -0.946. The highest BCUT2D eigenvalue weighted by atomic mass is 16.6. The van der Waals surface area contributed by atoms with Crippen LogP contribution in [0.4, 0.5) is 11.5 Å². The number of carbonyl (C=O) groups is 1. The van der Waals surface area contributed by atoms with Gasteiger partial charge in [-0.2, -0.15) is 0 Å². The summed E-state index contributed by atoms with van der Waals surface area (Å²) in [6.45, 7) is 0. The molecule has 0 aliphatic heterocycles. The van der Waals surface area contributed by atoms with Gasteiger partial charge in [0.15, 0.2) is 0 Å². The van der Waals surface area contributed by atoms with E-state index in [9.17, 15) is 14.9 Å². The summed E-state index contributed by atoms with van der Waals surface area (Å²) in [5.41, 5.74) is 5.94. The molecule has 1 aromatic rings. The molecule has 0 saturated heterocycles. The number of carbonyl (C=O) groups excluding carboxylic acids is 1. The second kappa shape index (κ2) is 3.66. The molecule has 8 nitrogen and oxygen atoms in total. The molecule has 14 heavy (non-hydrogen) atoms. The maximum atomic E-state index is 10.9. The first-order valence-electron chi connectivity index (χ1n) is 3.40. The largest absolute Gasteiger partial charge is 0.383 e. The second-order valence-electron chi connectivity index (χ2n) is 2.32. The number of hydrogen-bond acceptors (Lipinski definition) is 6. The van der Waals surface area contributed by atoms with Gasteiger partial charge in [0.05, 0.1) is 10.5 Å². The minimum absolute atomic E-state index is 0.192. The minimum Gasteiger partial charge on any atom is -0.383 e. The van der Waals surface area contributed by atoms with E-state index in [2.05, 4.69) is 4.98 Å². The van der Waals surface area contributed by atoms with Gasteiger partial charge < -0.3 is 5.73 Å². The fourth-order valence-corrected chi connectivity index (χ4v) is 0.806. The highest BCUT2D eigenvalue weighted by Gasteiger charge is 2.15. The summed E-state index contributed by atoms with van der Waals surface area (Å²) in [6, 6.07) is 0.924. The van der Waals surface area contributed by atoms with Gasteiger partial charge in [0.1, 0.15) is 12.0 Å². The molecule has 1 heterocycles. The van der Waals surface area contributed by atoms with Crippen LogP contribution in [0.15, 0.2) is 12.3 Å². The highest BCUT2D eigenvalue weighted by molar-refractivity contribution is 5.98. The number of nitrogens with zero attached hydrogens (tertiary/aromatic N) is 2. The van der Waals surface area contributed by atoms with E-state index in [0.717, 1.165) is 12.3 Å². The van der Waals surface area contributed by atoms with Gasteiger partial charge in [0, 0.05) is 6.07 Å². The molecule has 0 aromatic carbocycles. The lowest BCUT2D eigenvalue weighted by atomic mass is 10.2. The van der Waals surface area contributed by atoms with Crippen LogP contribution in [0.25, 0.3) is 0 Å². The first kappa shape index (κ1) is 9.86. The van der Waals surface area contributed by atoms with E-state index in [-0.39, 0.29) is 17.1 Å². The lowest BCUT2D eigenvalue weighted by Gasteiger charge is -2.01. The summed E-state index contributed by atoms with van der Waals surface area (Å²) in [5.74, 6) is -1.14. The van der Waals surface area contributed by atoms with Gasteiger partial charge in [-0.3, -0.25) is 20.1 Å². The normalized spacial score (nSPS) is 9.50. The van der Waals surface area contributed by atoms with E-state index in [1.807, 2.05) is 0 Å². The van der Waals surface area contributed by atoms with Crippen LogP contribution in [0.2, 0.25) is 0 Å². The zero-order chi connectivity index (χ0) is 10.7. The Hall–Kier alpha value is -2.22. The summed E-state index contributed by atoms with van der Waals surface area (Å²) < 4.78 is 0. The molecular formula is C6H6N4O4. The number of aromatic nitrogens is 1. The Morgan fingerprint density at radius 2 is 2.36 bits per heavy atom. The molecule has 0 fully saturated rings. The summed E-state index contributed by atoms with van der Waals surface area (Å²) in [7, 11) is 0. The van der Waals surface area contributed by atoms with Crippen molar-refractivity contribution in [3.63, 3.8) is 0 Å².